The normalized spacial score (nSPS) is 29.4. The van der Waals surface area contributed by atoms with Crippen molar-refractivity contribution in [2.75, 3.05) is 26.2 Å². The Labute approximate surface area is 93.9 Å². The minimum absolute atomic E-state index is 0.301. The molecule has 1 heterocycles. The highest BCUT2D eigenvalue weighted by atomic mass is 16.3. The van der Waals surface area contributed by atoms with Crippen LogP contribution in [0.4, 0.5) is 0 Å². The van der Waals surface area contributed by atoms with Crippen LogP contribution in [0.5, 0.6) is 0 Å². The maximum Gasteiger partial charge on any atom is 0.0446 e. The largest absolute Gasteiger partial charge is 0.396 e. The summed E-state index contributed by atoms with van der Waals surface area (Å²) in [5.41, 5.74) is 0. The fraction of sp³-hybridized carbons (Fsp3) is 1.00. The average Bonchev–Trinajstić information content (AvgIpc) is 2.32. The van der Waals surface area contributed by atoms with Crippen LogP contribution in [0.2, 0.25) is 0 Å². The van der Waals surface area contributed by atoms with Gasteiger partial charge >= 0.3 is 0 Å². The number of nitrogens with zero attached hydrogens (tertiary/aromatic N) is 1. The van der Waals surface area contributed by atoms with Crippen LogP contribution in [-0.2, 0) is 0 Å². The molecule has 1 aliphatic heterocycles. The van der Waals surface area contributed by atoms with E-state index in [1.165, 1.54) is 6.42 Å². The molecule has 1 aliphatic rings. The van der Waals surface area contributed by atoms with Crippen molar-refractivity contribution in [3.63, 3.8) is 0 Å². The number of aliphatic hydroxyl groups is 1. The lowest BCUT2D eigenvalue weighted by Gasteiger charge is -2.30. The molecule has 0 spiro atoms. The summed E-state index contributed by atoms with van der Waals surface area (Å²) in [5, 5.41) is 12.6. The standard InChI is InChI=1S/C12H26N2O/c1-10(2)9-14-6-4-11(3)13-8-12(14)5-7-15/h10-13,15H,4-9H2,1-3H3. The summed E-state index contributed by atoms with van der Waals surface area (Å²) < 4.78 is 0. The van der Waals surface area contributed by atoms with E-state index in [2.05, 4.69) is 31.0 Å². The van der Waals surface area contributed by atoms with Crippen LogP contribution < -0.4 is 5.32 Å². The molecule has 1 rings (SSSR count). The van der Waals surface area contributed by atoms with E-state index in [4.69, 9.17) is 5.11 Å². The number of rotatable bonds is 4. The lowest BCUT2D eigenvalue weighted by Crippen LogP contribution is -2.42. The van der Waals surface area contributed by atoms with Crippen LogP contribution in [0.3, 0.4) is 0 Å². The summed E-state index contributed by atoms with van der Waals surface area (Å²) >= 11 is 0. The van der Waals surface area contributed by atoms with Crippen molar-refractivity contribution in [2.45, 2.75) is 45.7 Å². The topological polar surface area (TPSA) is 35.5 Å². The van der Waals surface area contributed by atoms with E-state index < -0.39 is 0 Å². The Morgan fingerprint density at radius 2 is 2.20 bits per heavy atom. The molecule has 15 heavy (non-hydrogen) atoms. The van der Waals surface area contributed by atoms with Gasteiger partial charge in [0.25, 0.3) is 0 Å². The van der Waals surface area contributed by atoms with E-state index in [0.29, 0.717) is 24.6 Å². The van der Waals surface area contributed by atoms with E-state index >= 15 is 0 Å². The summed E-state index contributed by atoms with van der Waals surface area (Å²) in [6.07, 6.45) is 2.11. The van der Waals surface area contributed by atoms with Gasteiger partial charge < -0.3 is 10.4 Å². The smallest absolute Gasteiger partial charge is 0.0446 e. The minimum Gasteiger partial charge on any atom is -0.396 e. The van der Waals surface area contributed by atoms with Crippen LogP contribution in [0, 0.1) is 5.92 Å². The molecule has 3 nitrogen and oxygen atoms in total. The summed E-state index contributed by atoms with van der Waals surface area (Å²) in [7, 11) is 0. The second-order valence-corrected chi connectivity index (χ2v) is 5.15. The molecule has 2 atom stereocenters. The van der Waals surface area contributed by atoms with E-state index in [1.54, 1.807) is 0 Å². The highest BCUT2D eigenvalue weighted by Crippen LogP contribution is 2.12. The fourth-order valence-electron chi connectivity index (χ4n) is 2.25. The Morgan fingerprint density at radius 3 is 2.80 bits per heavy atom. The van der Waals surface area contributed by atoms with Gasteiger partial charge in [0, 0.05) is 31.8 Å². The number of nitrogens with one attached hydrogen (secondary N) is 1. The van der Waals surface area contributed by atoms with Gasteiger partial charge in [-0.1, -0.05) is 13.8 Å². The molecule has 1 saturated heterocycles. The van der Waals surface area contributed by atoms with Crippen molar-refractivity contribution in [1.29, 1.82) is 0 Å². The van der Waals surface area contributed by atoms with Crippen molar-refractivity contribution < 1.29 is 5.11 Å². The number of hydrogen-bond acceptors (Lipinski definition) is 3. The molecular formula is C12H26N2O. The molecule has 0 aliphatic carbocycles. The molecule has 0 amide bonds. The van der Waals surface area contributed by atoms with Gasteiger partial charge in [0.1, 0.15) is 0 Å². The van der Waals surface area contributed by atoms with Crippen LogP contribution in [0.15, 0.2) is 0 Å². The summed E-state index contributed by atoms with van der Waals surface area (Å²) in [4.78, 5) is 2.54. The quantitative estimate of drug-likeness (QED) is 0.735. The summed E-state index contributed by atoms with van der Waals surface area (Å²) in [6.45, 7) is 10.4. The monoisotopic (exact) mass is 214 g/mol. The van der Waals surface area contributed by atoms with Crippen LogP contribution >= 0.6 is 0 Å². The average molecular weight is 214 g/mol. The first kappa shape index (κ1) is 12.9. The first-order valence-electron chi connectivity index (χ1n) is 6.21. The summed E-state index contributed by atoms with van der Waals surface area (Å²) in [6, 6.07) is 1.13. The molecule has 2 unspecified atom stereocenters. The van der Waals surface area contributed by atoms with Gasteiger partial charge in [0.15, 0.2) is 0 Å². The third-order valence-corrected chi connectivity index (χ3v) is 3.13. The first-order valence-corrected chi connectivity index (χ1v) is 6.21. The Hall–Kier alpha value is -0.120. The molecule has 2 N–H and O–H groups in total. The Morgan fingerprint density at radius 1 is 1.47 bits per heavy atom. The first-order chi connectivity index (χ1) is 7.13. The zero-order valence-corrected chi connectivity index (χ0v) is 10.4. The number of hydrogen-bond donors (Lipinski definition) is 2. The SMILES string of the molecule is CC(C)CN1CCC(C)NCC1CCO. The molecular weight excluding hydrogens is 188 g/mol. The van der Waals surface area contributed by atoms with Gasteiger partial charge in [-0.25, -0.2) is 0 Å². The van der Waals surface area contributed by atoms with Crippen molar-refractivity contribution in [1.82, 2.24) is 10.2 Å². The molecule has 90 valence electrons. The van der Waals surface area contributed by atoms with Crippen molar-refractivity contribution in [2.24, 2.45) is 5.92 Å². The molecule has 1 fully saturated rings. The van der Waals surface area contributed by atoms with E-state index in [9.17, 15) is 0 Å². The Bertz CT molecular complexity index is 173. The predicted octanol–water partition coefficient (Wildman–Crippen LogP) is 1.08. The minimum atomic E-state index is 0.301. The Balaban J connectivity index is 2.51. The third-order valence-electron chi connectivity index (χ3n) is 3.13. The van der Waals surface area contributed by atoms with Gasteiger partial charge in [-0.15, -0.1) is 0 Å². The third kappa shape index (κ3) is 4.49. The van der Waals surface area contributed by atoms with Gasteiger partial charge in [-0.3, -0.25) is 4.90 Å². The highest BCUT2D eigenvalue weighted by Gasteiger charge is 2.22. The zero-order chi connectivity index (χ0) is 11.3. The second kappa shape index (κ2) is 6.46. The fourth-order valence-corrected chi connectivity index (χ4v) is 2.25. The maximum atomic E-state index is 9.07. The summed E-state index contributed by atoms with van der Waals surface area (Å²) in [5.74, 6) is 0.708. The molecule has 0 aromatic carbocycles. The molecule has 0 saturated carbocycles. The molecule has 0 aromatic rings. The highest BCUT2D eigenvalue weighted by molar-refractivity contribution is 4.81. The van der Waals surface area contributed by atoms with Crippen LogP contribution in [0.1, 0.15) is 33.6 Å². The molecule has 0 bridgehead atoms. The van der Waals surface area contributed by atoms with Gasteiger partial charge in [-0.05, 0) is 32.2 Å². The van der Waals surface area contributed by atoms with E-state index in [-0.39, 0.29) is 0 Å². The molecule has 3 heteroatoms. The van der Waals surface area contributed by atoms with E-state index in [1.807, 2.05) is 0 Å². The maximum absolute atomic E-state index is 9.07. The Kier molecular flexibility index (Phi) is 5.58. The van der Waals surface area contributed by atoms with Crippen LogP contribution in [-0.4, -0.2) is 48.3 Å². The van der Waals surface area contributed by atoms with Crippen LogP contribution in [0.25, 0.3) is 0 Å². The molecule has 0 radical (unpaired) electrons. The predicted molar refractivity (Wildman–Crippen MR) is 64.0 cm³/mol. The van der Waals surface area contributed by atoms with E-state index in [0.717, 1.165) is 26.1 Å². The van der Waals surface area contributed by atoms with Crippen molar-refractivity contribution in [3.8, 4) is 0 Å². The molecule has 0 aromatic heterocycles. The lowest BCUT2D eigenvalue weighted by atomic mass is 10.1. The zero-order valence-electron chi connectivity index (χ0n) is 10.4. The van der Waals surface area contributed by atoms with Crippen molar-refractivity contribution in [3.05, 3.63) is 0 Å². The van der Waals surface area contributed by atoms with Gasteiger partial charge in [0.2, 0.25) is 0 Å². The van der Waals surface area contributed by atoms with Gasteiger partial charge in [0.05, 0.1) is 0 Å². The van der Waals surface area contributed by atoms with Crippen molar-refractivity contribution >= 4 is 0 Å². The second-order valence-electron chi connectivity index (χ2n) is 5.15. The number of aliphatic hydroxyl groups excluding tert-OH is 1. The lowest BCUT2D eigenvalue weighted by molar-refractivity contribution is 0.151. The van der Waals surface area contributed by atoms with Gasteiger partial charge in [-0.2, -0.15) is 0 Å².